The smallest absolute Gasteiger partial charge is 0.289 e. The number of nitrogens with zero attached hydrogens (tertiary/aromatic N) is 2. The van der Waals surface area contributed by atoms with E-state index in [1.54, 1.807) is 12.1 Å². The zero-order valence-corrected chi connectivity index (χ0v) is 11.6. The Morgan fingerprint density at radius 2 is 1.75 bits per heavy atom. The molecule has 2 heterocycles. The SMILES string of the molecule is Cc1ccc(N2CCN(C(=O)c3ccco3)CC2)cc1. The molecule has 1 aromatic heterocycles. The molecule has 1 saturated heterocycles. The summed E-state index contributed by atoms with van der Waals surface area (Å²) in [6, 6.07) is 12.0. The summed E-state index contributed by atoms with van der Waals surface area (Å²) in [7, 11) is 0. The largest absolute Gasteiger partial charge is 0.459 e. The molecule has 1 aromatic carbocycles. The zero-order chi connectivity index (χ0) is 13.9. The molecule has 1 fully saturated rings. The van der Waals surface area contributed by atoms with Crippen molar-refractivity contribution in [1.29, 1.82) is 0 Å². The van der Waals surface area contributed by atoms with Crippen LogP contribution in [0.2, 0.25) is 0 Å². The van der Waals surface area contributed by atoms with Gasteiger partial charge in [0, 0.05) is 31.9 Å². The number of hydrogen-bond donors (Lipinski definition) is 0. The molecular weight excluding hydrogens is 252 g/mol. The number of amides is 1. The highest BCUT2D eigenvalue weighted by atomic mass is 16.3. The van der Waals surface area contributed by atoms with Gasteiger partial charge in [-0.05, 0) is 31.2 Å². The quantitative estimate of drug-likeness (QED) is 0.841. The fourth-order valence-electron chi connectivity index (χ4n) is 2.48. The highest BCUT2D eigenvalue weighted by Crippen LogP contribution is 2.18. The minimum absolute atomic E-state index is 0.0152. The molecule has 0 unspecified atom stereocenters. The van der Waals surface area contributed by atoms with Gasteiger partial charge in [-0.1, -0.05) is 17.7 Å². The number of benzene rings is 1. The second-order valence-corrected chi connectivity index (χ2v) is 5.09. The van der Waals surface area contributed by atoms with Crippen molar-refractivity contribution >= 4 is 11.6 Å². The lowest BCUT2D eigenvalue weighted by atomic mass is 10.2. The van der Waals surface area contributed by atoms with E-state index >= 15 is 0 Å². The van der Waals surface area contributed by atoms with Gasteiger partial charge in [0.1, 0.15) is 0 Å². The Labute approximate surface area is 118 Å². The maximum absolute atomic E-state index is 12.2. The standard InChI is InChI=1S/C16H18N2O2/c1-13-4-6-14(7-5-13)17-8-10-18(11-9-17)16(19)15-3-2-12-20-15/h2-7,12H,8-11H2,1H3. The Morgan fingerprint density at radius 1 is 1.05 bits per heavy atom. The van der Waals surface area contributed by atoms with Crippen molar-refractivity contribution in [3.8, 4) is 0 Å². The van der Waals surface area contributed by atoms with Crippen molar-refractivity contribution in [3.05, 3.63) is 54.0 Å². The molecule has 104 valence electrons. The monoisotopic (exact) mass is 270 g/mol. The molecule has 0 aliphatic carbocycles. The molecule has 1 amide bonds. The highest BCUT2D eigenvalue weighted by molar-refractivity contribution is 5.91. The van der Waals surface area contributed by atoms with Crippen molar-refractivity contribution in [2.45, 2.75) is 6.92 Å². The topological polar surface area (TPSA) is 36.7 Å². The van der Waals surface area contributed by atoms with E-state index in [9.17, 15) is 4.79 Å². The Morgan fingerprint density at radius 3 is 2.35 bits per heavy atom. The van der Waals surface area contributed by atoms with Gasteiger partial charge in [-0.15, -0.1) is 0 Å². The van der Waals surface area contributed by atoms with Crippen LogP contribution in [0.4, 0.5) is 5.69 Å². The summed E-state index contributed by atoms with van der Waals surface area (Å²) in [5.41, 5.74) is 2.49. The summed E-state index contributed by atoms with van der Waals surface area (Å²) in [4.78, 5) is 16.3. The Bertz CT molecular complexity index is 567. The summed E-state index contributed by atoms with van der Waals surface area (Å²) in [5.74, 6) is 0.410. The van der Waals surface area contributed by atoms with Crippen molar-refractivity contribution in [3.63, 3.8) is 0 Å². The summed E-state index contributed by atoms with van der Waals surface area (Å²) >= 11 is 0. The van der Waals surface area contributed by atoms with Gasteiger partial charge in [0.05, 0.1) is 6.26 Å². The predicted molar refractivity (Wildman–Crippen MR) is 78.0 cm³/mol. The average Bonchev–Trinajstić information content (AvgIpc) is 3.02. The van der Waals surface area contributed by atoms with E-state index in [-0.39, 0.29) is 5.91 Å². The number of furan rings is 1. The first-order valence-electron chi connectivity index (χ1n) is 6.88. The first-order chi connectivity index (χ1) is 9.74. The Kier molecular flexibility index (Phi) is 3.46. The third-order valence-corrected chi connectivity index (χ3v) is 3.70. The summed E-state index contributed by atoms with van der Waals surface area (Å²) in [5, 5.41) is 0. The number of rotatable bonds is 2. The third kappa shape index (κ3) is 2.54. The molecule has 1 aliphatic rings. The van der Waals surface area contributed by atoms with Crippen molar-refractivity contribution in [2.75, 3.05) is 31.1 Å². The van der Waals surface area contributed by atoms with Gasteiger partial charge in [-0.2, -0.15) is 0 Å². The minimum atomic E-state index is -0.0152. The van der Waals surface area contributed by atoms with Gasteiger partial charge in [-0.25, -0.2) is 0 Å². The lowest BCUT2D eigenvalue weighted by Gasteiger charge is -2.35. The predicted octanol–water partition coefficient (Wildman–Crippen LogP) is 2.55. The molecule has 0 spiro atoms. The summed E-state index contributed by atoms with van der Waals surface area (Å²) < 4.78 is 5.17. The Balaban J connectivity index is 1.62. The molecule has 1 aliphatic heterocycles. The number of hydrogen-bond acceptors (Lipinski definition) is 3. The second kappa shape index (κ2) is 5.41. The molecule has 0 bridgehead atoms. The summed E-state index contributed by atoms with van der Waals surface area (Å²) in [6.07, 6.45) is 1.54. The fourth-order valence-corrected chi connectivity index (χ4v) is 2.48. The molecule has 2 aromatic rings. The van der Waals surface area contributed by atoms with Gasteiger partial charge >= 0.3 is 0 Å². The fraction of sp³-hybridized carbons (Fsp3) is 0.312. The van der Waals surface area contributed by atoms with E-state index in [4.69, 9.17) is 4.42 Å². The van der Waals surface area contributed by atoms with Crippen molar-refractivity contribution in [1.82, 2.24) is 4.90 Å². The first kappa shape index (κ1) is 12.8. The van der Waals surface area contributed by atoms with Gasteiger partial charge in [0.2, 0.25) is 0 Å². The maximum Gasteiger partial charge on any atom is 0.289 e. The number of piperazine rings is 1. The third-order valence-electron chi connectivity index (χ3n) is 3.70. The van der Waals surface area contributed by atoms with E-state index in [0.717, 1.165) is 26.2 Å². The number of anilines is 1. The second-order valence-electron chi connectivity index (χ2n) is 5.09. The van der Waals surface area contributed by atoms with Crippen LogP contribution in [0.1, 0.15) is 16.1 Å². The van der Waals surface area contributed by atoms with Gasteiger partial charge < -0.3 is 14.2 Å². The zero-order valence-electron chi connectivity index (χ0n) is 11.6. The maximum atomic E-state index is 12.2. The number of carbonyl (C=O) groups excluding carboxylic acids is 1. The molecule has 20 heavy (non-hydrogen) atoms. The Hall–Kier alpha value is -2.23. The summed E-state index contributed by atoms with van der Waals surface area (Å²) in [6.45, 7) is 5.26. The molecule has 3 rings (SSSR count). The molecule has 4 heteroatoms. The van der Waals surface area contributed by atoms with E-state index in [1.165, 1.54) is 17.5 Å². The molecule has 0 atom stereocenters. The van der Waals surface area contributed by atoms with Gasteiger partial charge in [-0.3, -0.25) is 4.79 Å². The van der Waals surface area contributed by atoms with Crippen LogP contribution < -0.4 is 4.90 Å². The molecule has 0 saturated carbocycles. The molecular formula is C16H18N2O2. The highest BCUT2D eigenvalue weighted by Gasteiger charge is 2.23. The van der Waals surface area contributed by atoms with E-state index in [2.05, 4.69) is 36.1 Å². The number of carbonyl (C=O) groups is 1. The van der Waals surface area contributed by atoms with Crippen molar-refractivity contribution in [2.24, 2.45) is 0 Å². The normalized spacial score (nSPS) is 15.4. The van der Waals surface area contributed by atoms with Crippen LogP contribution in [-0.2, 0) is 0 Å². The van der Waals surface area contributed by atoms with Crippen LogP contribution in [0.15, 0.2) is 47.1 Å². The lowest BCUT2D eigenvalue weighted by molar-refractivity contribution is 0.0714. The minimum Gasteiger partial charge on any atom is -0.459 e. The van der Waals surface area contributed by atoms with E-state index in [0.29, 0.717) is 5.76 Å². The van der Waals surface area contributed by atoms with Crippen LogP contribution in [0.25, 0.3) is 0 Å². The number of aryl methyl sites for hydroxylation is 1. The van der Waals surface area contributed by atoms with Crippen LogP contribution in [0.3, 0.4) is 0 Å². The van der Waals surface area contributed by atoms with Gasteiger partial charge in [0.25, 0.3) is 5.91 Å². The average molecular weight is 270 g/mol. The first-order valence-corrected chi connectivity index (χ1v) is 6.88. The van der Waals surface area contributed by atoms with Crippen molar-refractivity contribution < 1.29 is 9.21 Å². The molecule has 4 nitrogen and oxygen atoms in total. The lowest BCUT2D eigenvalue weighted by Crippen LogP contribution is -2.48. The van der Waals surface area contributed by atoms with E-state index in [1.807, 2.05) is 4.90 Å². The van der Waals surface area contributed by atoms with Gasteiger partial charge in [0.15, 0.2) is 5.76 Å². The molecule has 0 radical (unpaired) electrons. The van der Waals surface area contributed by atoms with Crippen LogP contribution >= 0.6 is 0 Å². The molecule has 0 N–H and O–H groups in total. The van der Waals surface area contributed by atoms with E-state index < -0.39 is 0 Å². The van der Waals surface area contributed by atoms with Crippen LogP contribution in [0.5, 0.6) is 0 Å². The van der Waals surface area contributed by atoms with Crippen LogP contribution in [0, 0.1) is 6.92 Å². The van der Waals surface area contributed by atoms with Crippen LogP contribution in [-0.4, -0.2) is 37.0 Å².